The summed E-state index contributed by atoms with van der Waals surface area (Å²) in [6.45, 7) is 6.00. The van der Waals surface area contributed by atoms with Crippen molar-refractivity contribution in [1.29, 1.82) is 0 Å². The summed E-state index contributed by atoms with van der Waals surface area (Å²) in [6, 6.07) is 0. The van der Waals surface area contributed by atoms with Gasteiger partial charge >= 0.3 is 44.7 Å². The summed E-state index contributed by atoms with van der Waals surface area (Å²) in [4.78, 5) is 0. The van der Waals surface area contributed by atoms with Crippen LogP contribution in [-0.2, 0) is 14.2 Å². The van der Waals surface area contributed by atoms with Crippen molar-refractivity contribution in [2.24, 2.45) is 0 Å². The van der Waals surface area contributed by atoms with Crippen molar-refractivity contribution in [3.63, 3.8) is 0 Å². The van der Waals surface area contributed by atoms with Crippen molar-refractivity contribution in [2.45, 2.75) is 38.5 Å². The molecule has 0 atom stereocenters. The Kier molecular flexibility index (Phi) is 24.5. The fraction of sp³-hybridized carbons (Fsp3) is 0.706. The fourth-order valence-electron chi connectivity index (χ4n) is 1.85. The molecular formula is C17H29Cl2GdO3. The van der Waals surface area contributed by atoms with Gasteiger partial charge in [0.25, 0.3) is 0 Å². The molecule has 0 N–H and O–H groups in total. The van der Waals surface area contributed by atoms with Gasteiger partial charge in [-0.2, -0.15) is 0 Å². The predicted molar refractivity (Wildman–Crippen MR) is 94.4 cm³/mol. The molecule has 1 aliphatic carbocycles. The molecule has 0 spiro atoms. The van der Waals surface area contributed by atoms with E-state index >= 15 is 0 Å². The van der Waals surface area contributed by atoms with Gasteiger partial charge in [0.15, 0.2) is 0 Å². The van der Waals surface area contributed by atoms with Gasteiger partial charge in [0.2, 0.25) is 0 Å². The average molecular weight is 510 g/mol. The monoisotopic (exact) mass is 509 g/mol. The molecule has 3 nitrogen and oxygen atoms in total. The second-order valence-electron chi connectivity index (χ2n) is 4.97. The third kappa shape index (κ3) is 23.3. The Bertz CT molecular complexity index is 208. The number of rotatable bonds is 0. The van der Waals surface area contributed by atoms with Crippen LogP contribution >= 0.6 is 11.9 Å². The van der Waals surface area contributed by atoms with Crippen LogP contribution < -0.4 is 0 Å². The third-order valence-electron chi connectivity index (χ3n) is 3.04. The maximum atomic E-state index is 4.94. The van der Waals surface area contributed by atoms with E-state index in [1.165, 1.54) is 38.5 Å². The Labute approximate surface area is 166 Å². The predicted octanol–water partition coefficient (Wildman–Crippen LogP) is 5.09. The van der Waals surface area contributed by atoms with E-state index < -0.39 is 32.8 Å². The van der Waals surface area contributed by atoms with E-state index in [-0.39, 0.29) is 0 Å². The van der Waals surface area contributed by atoms with Gasteiger partial charge in [0, 0.05) is 46.1 Å². The Morgan fingerprint density at radius 1 is 0.522 bits per heavy atom. The van der Waals surface area contributed by atoms with E-state index in [2.05, 4.69) is 0 Å². The van der Waals surface area contributed by atoms with Gasteiger partial charge in [-0.3, -0.25) is 0 Å². The molecule has 3 fully saturated rings. The molecule has 3 saturated heterocycles. The summed E-state index contributed by atoms with van der Waals surface area (Å²) in [5.74, 6) is 9.81. The minimum atomic E-state index is -0.639. The van der Waals surface area contributed by atoms with Gasteiger partial charge in [-0.1, -0.05) is 24.3 Å². The first-order valence-corrected chi connectivity index (χ1v) is 13.8. The first-order chi connectivity index (χ1) is 11.4. The molecule has 137 valence electrons. The van der Waals surface area contributed by atoms with Crippen molar-refractivity contribution in [3.05, 3.63) is 30.7 Å². The molecule has 0 unspecified atom stereocenters. The van der Waals surface area contributed by atoms with Crippen LogP contribution in [0.15, 0.2) is 24.3 Å². The summed E-state index contributed by atoms with van der Waals surface area (Å²) in [5.41, 5.74) is 0. The first kappa shape index (κ1) is 24.3. The van der Waals surface area contributed by atoms with Crippen molar-refractivity contribution < 1.29 is 47.0 Å². The van der Waals surface area contributed by atoms with Gasteiger partial charge in [-0.05, 0) is 38.5 Å². The molecule has 0 amide bonds. The Morgan fingerprint density at radius 2 is 0.783 bits per heavy atom. The van der Waals surface area contributed by atoms with Crippen LogP contribution in [0.25, 0.3) is 0 Å². The van der Waals surface area contributed by atoms with Gasteiger partial charge in [-0.15, -0.1) is 0 Å². The molecule has 3 aliphatic heterocycles. The number of hydrogen-bond acceptors (Lipinski definition) is 3. The number of allylic oxidation sites excluding steroid dienone is 4. The zero-order valence-corrected chi connectivity index (χ0v) is 17.5. The van der Waals surface area contributed by atoms with E-state index in [1.807, 2.05) is 30.7 Å². The van der Waals surface area contributed by atoms with Gasteiger partial charge in [-0.25, -0.2) is 0 Å². The molecular weight excluding hydrogens is 480 g/mol. The van der Waals surface area contributed by atoms with Crippen molar-refractivity contribution >= 4 is 11.9 Å². The SMILES string of the molecule is C1CCOC1.C1CCOC1.C1CCOC1.[CH]1C=CC=C1.[Cl][Gd][Cl]. The van der Waals surface area contributed by atoms with Crippen molar-refractivity contribution in [3.8, 4) is 0 Å². The Hall–Kier alpha value is 1.26. The molecule has 1 radical (unpaired) electrons. The molecule has 4 rings (SSSR count). The van der Waals surface area contributed by atoms with E-state index in [9.17, 15) is 0 Å². The second-order valence-corrected chi connectivity index (χ2v) is 8.29. The van der Waals surface area contributed by atoms with Crippen LogP contribution in [-0.4, -0.2) is 39.6 Å². The molecule has 0 saturated carbocycles. The molecule has 0 aromatic carbocycles. The van der Waals surface area contributed by atoms with Gasteiger partial charge < -0.3 is 14.2 Å². The first-order valence-electron chi connectivity index (χ1n) is 8.17. The van der Waals surface area contributed by atoms with Crippen molar-refractivity contribution in [1.82, 2.24) is 0 Å². The van der Waals surface area contributed by atoms with Crippen LogP contribution in [0.3, 0.4) is 0 Å². The zero-order valence-electron chi connectivity index (χ0n) is 13.7. The van der Waals surface area contributed by atoms with E-state index in [1.54, 1.807) is 0 Å². The fourth-order valence-corrected chi connectivity index (χ4v) is 1.85. The zero-order chi connectivity index (χ0) is 16.8. The van der Waals surface area contributed by atoms with E-state index in [4.69, 9.17) is 26.2 Å². The summed E-state index contributed by atoms with van der Waals surface area (Å²) >= 11 is -0.639. The van der Waals surface area contributed by atoms with Gasteiger partial charge in [0.1, 0.15) is 0 Å². The summed E-state index contributed by atoms with van der Waals surface area (Å²) in [6.07, 6.45) is 17.7. The molecule has 23 heavy (non-hydrogen) atoms. The Balaban J connectivity index is 0.000000266. The Morgan fingerprint density at radius 3 is 0.870 bits per heavy atom. The summed E-state index contributed by atoms with van der Waals surface area (Å²) in [5, 5.41) is 0. The molecule has 0 aromatic rings. The quantitative estimate of drug-likeness (QED) is 0.456. The van der Waals surface area contributed by atoms with Crippen LogP contribution in [0.1, 0.15) is 38.5 Å². The number of ether oxygens (including phenoxy) is 3. The topological polar surface area (TPSA) is 27.7 Å². The second kappa shape index (κ2) is 23.3. The standard InChI is InChI=1S/C5H5.3C4H8O.2ClH.Gd/c4*1-2-4-5-3-1;;;/h1-5H;3*1-4H2;2*1H;/q;;;;;;+2/p-2. The molecule has 6 heteroatoms. The van der Waals surface area contributed by atoms with Crippen LogP contribution in [0.5, 0.6) is 0 Å². The van der Waals surface area contributed by atoms with E-state index in [0.717, 1.165) is 39.6 Å². The minimum absolute atomic E-state index is 0.639. The summed E-state index contributed by atoms with van der Waals surface area (Å²) < 4.78 is 14.8. The third-order valence-corrected chi connectivity index (χ3v) is 3.04. The van der Waals surface area contributed by atoms with Gasteiger partial charge in [0.05, 0.1) is 0 Å². The number of hydrogen-bond donors (Lipinski definition) is 0. The maximum absolute atomic E-state index is 4.94. The molecule has 3 heterocycles. The molecule has 4 aliphatic rings. The van der Waals surface area contributed by atoms with Crippen molar-refractivity contribution in [2.75, 3.05) is 39.6 Å². The van der Waals surface area contributed by atoms with Crippen LogP contribution in [0, 0.1) is 39.2 Å². The average Bonchev–Trinajstić information content (AvgIpc) is 3.47. The molecule has 0 bridgehead atoms. The van der Waals surface area contributed by atoms with Crippen LogP contribution in [0.4, 0.5) is 0 Å². The normalized spacial score (nSPS) is 20.4. The van der Waals surface area contributed by atoms with E-state index in [0.29, 0.717) is 0 Å². The summed E-state index contributed by atoms with van der Waals surface area (Å²) in [7, 11) is 0. The van der Waals surface area contributed by atoms with Crippen LogP contribution in [0.2, 0.25) is 0 Å². The number of halogens is 2. The molecule has 0 aromatic heterocycles.